The number of anilines is 2. The molecule has 34 heavy (non-hydrogen) atoms. The highest BCUT2D eigenvalue weighted by Gasteiger charge is 2.14. The van der Waals surface area contributed by atoms with Gasteiger partial charge in [-0.1, -0.05) is 12.1 Å². The zero-order valence-corrected chi connectivity index (χ0v) is 18.3. The number of methoxy groups -OCH3 is 1. The van der Waals surface area contributed by atoms with Gasteiger partial charge in [-0.05, 0) is 29.8 Å². The Hall–Kier alpha value is -4.56. The summed E-state index contributed by atoms with van der Waals surface area (Å²) in [6, 6.07) is 13.3. The fourth-order valence-corrected chi connectivity index (χ4v) is 2.99. The van der Waals surface area contributed by atoms with E-state index < -0.39 is 24.8 Å². The van der Waals surface area contributed by atoms with Gasteiger partial charge in [-0.15, -0.1) is 0 Å². The van der Waals surface area contributed by atoms with Crippen LogP contribution in [0.25, 0.3) is 11.3 Å². The van der Waals surface area contributed by atoms with Crippen molar-refractivity contribution >= 4 is 23.5 Å². The van der Waals surface area contributed by atoms with Crippen LogP contribution in [-0.4, -0.2) is 42.0 Å². The Bertz CT molecular complexity index is 1160. The lowest BCUT2D eigenvalue weighted by Gasteiger charge is -2.14. The Labute approximate surface area is 195 Å². The third-order valence-electron chi connectivity index (χ3n) is 4.58. The van der Waals surface area contributed by atoms with Crippen LogP contribution in [0.3, 0.4) is 0 Å². The van der Waals surface area contributed by atoms with Crippen molar-refractivity contribution in [3.63, 3.8) is 0 Å². The summed E-state index contributed by atoms with van der Waals surface area (Å²) in [5, 5.41) is 25.7. The standard InChI is InChI=1S/C23H23N5O6/c1-32-20-10-17(5-6-19(20)21-12-25-14-33-21)28-22(30)27-16-4-2-3-15(9-16)11-26-23(31)34-18(13-29)7-8-24/h2-6,9-10,12,14,18,29H,7,11,13H2,1H3,(H,26,31)(H2,27,28,30)/t18-/m0/s1. The first-order valence-corrected chi connectivity index (χ1v) is 10.2. The first kappa shape index (κ1) is 24.1. The highest BCUT2D eigenvalue weighted by Crippen LogP contribution is 2.32. The van der Waals surface area contributed by atoms with Crippen LogP contribution < -0.4 is 20.7 Å². The largest absolute Gasteiger partial charge is 0.496 e. The predicted molar refractivity (Wildman–Crippen MR) is 122 cm³/mol. The molecule has 0 saturated carbocycles. The molecular formula is C23H23N5O6. The van der Waals surface area contributed by atoms with Crippen LogP contribution in [0.2, 0.25) is 0 Å². The minimum absolute atomic E-state index is 0.104. The molecule has 11 nitrogen and oxygen atoms in total. The number of carbonyl (C=O) groups excluding carboxylic acids is 2. The maximum Gasteiger partial charge on any atom is 0.407 e. The van der Waals surface area contributed by atoms with E-state index in [0.717, 1.165) is 0 Å². The van der Waals surface area contributed by atoms with Gasteiger partial charge in [0.15, 0.2) is 12.2 Å². The molecular weight excluding hydrogens is 442 g/mol. The SMILES string of the molecule is COc1cc(NC(=O)Nc2cccc(CNC(=O)O[C@H](CO)CC#N)c2)ccc1-c1cnco1. The smallest absolute Gasteiger partial charge is 0.407 e. The van der Waals surface area contributed by atoms with Crippen molar-refractivity contribution in [2.75, 3.05) is 24.4 Å². The fourth-order valence-electron chi connectivity index (χ4n) is 2.99. The number of nitrogens with one attached hydrogen (secondary N) is 3. The van der Waals surface area contributed by atoms with Crippen LogP contribution >= 0.6 is 0 Å². The van der Waals surface area contributed by atoms with Crippen LogP contribution in [0.4, 0.5) is 21.0 Å². The van der Waals surface area contributed by atoms with E-state index in [9.17, 15) is 9.59 Å². The van der Waals surface area contributed by atoms with E-state index in [4.69, 9.17) is 24.3 Å². The number of oxazole rings is 1. The number of aliphatic hydroxyl groups is 1. The predicted octanol–water partition coefficient (Wildman–Crippen LogP) is 3.49. The zero-order chi connectivity index (χ0) is 24.3. The number of amides is 3. The Kier molecular flexibility index (Phi) is 8.42. The molecule has 0 aliphatic carbocycles. The van der Waals surface area contributed by atoms with Gasteiger partial charge in [0.05, 0.1) is 38.0 Å². The number of carbonyl (C=O) groups is 2. The quantitative estimate of drug-likeness (QED) is 0.374. The third kappa shape index (κ3) is 6.72. The highest BCUT2D eigenvalue weighted by molar-refractivity contribution is 6.00. The number of hydrogen-bond acceptors (Lipinski definition) is 8. The van der Waals surface area contributed by atoms with Crippen LogP contribution in [0.5, 0.6) is 5.75 Å². The van der Waals surface area contributed by atoms with Gasteiger partial charge >= 0.3 is 12.1 Å². The number of nitriles is 1. The highest BCUT2D eigenvalue weighted by atomic mass is 16.6. The summed E-state index contributed by atoms with van der Waals surface area (Å²) in [4.78, 5) is 28.2. The van der Waals surface area contributed by atoms with Crippen molar-refractivity contribution in [3.8, 4) is 23.1 Å². The van der Waals surface area contributed by atoms with Crippen molar-refractivity contribution in [2.45, 2.75) is 19.1 Å². The molecule has 0 saturated heterocycles. The molecule has 0 aliphatic rings. The molecule has 0 unspecified atom stereocenters. The maximum atomic E-state index is 12.5. The average Bonchev–Trinajstić information content (AvgIpc) is 3.37. The second kappa shape index (κ2) is 11.9. The van der Waals surface area contributed by atoms with E-state index in [2.05, 4.69) is 20.9 Å². The van der Waals surface area contributed by atoms with Gasteiger partial charge in [-0.25, -0.2) is 14.6 Å². The number of aromatic nitrogens is 1. The molecule has 0 fully saturated rings. The van der Waals surface area contributed by atoms with Gasteiger partial charge in [0.1, 0.15) is 11.9 Å². The molecule has 176 valence electrons. The lowest BCUT2D eigenvalue weighted by atomic mass is 10.1. The van der Waals surface area contributed by atoms with E-state index in [1.165, 1.54) is 13.5 Å². The summed E-state index contributed by atoms with van der Waals surface area (Å²) in [6.07, 6.45) is 1.14. The van der Waals surface area contributed by atoms with E-state index in [1.807, 2.05) is 6.07 Å². The molecule has 4 N–H and O–H groups in total. The first-order chi connectivity index (χ1) is 16.5. The summed E-state index contributed by atoms with van der Waals surface area (Å²) in [6.45, 7) is -0.314. The Morgan fingerprint density at radius 3 is 2.68 bits per heavy atom. The van der Waals surface area contributed by atoms with Gasteiger partial charge in [0, 0.05) is 24.0 Å². The van der Waals surface area contributed by atoms with Gasteiger partial charge < -0.3 is 34.9 Å². The number of alkyl carbamates (subject to hydrolysis) is 1. The van der Waals surface area contributed by atoms with Crippen LogP contribution in [0.1, 0.15) is 12.0 Å². The van der Waals surface area contributed by atoms with Crippen LogP contribution in [0, 0.1) is 11.3 Å². The molecule has 1 atom stereocenters. The summed E-state index contributed by atoms with van der Waals surface area (Å²) >= 11 is 0. The molecule has 0 aliphatic heterocycles. The van der Waals surface area contributed by atoms with E-state index >= 15 is 0 Å². The average molecular weight is 465 g/mol. The van der Waals surface area contributed by atoms with E-state index in [0.29, 0.717) is 34.0 Å². The number of hydrogen-bond donors (Lipinski definition) is 4. The van der Waals surface area contributed by atoms with Crippen molar-refractivity contribution in [3.05, 3.63) is 60.6 Å². The third-order valence-corrected chi connectivity index (χ3v) is 4.58. The normalized spacial score (nSPS) is 11.1. The Morgan fingerprint density at radius 1 is 1.21 bits per heavy atom. The number of nitrogens with zero attached hydrogens (tertiary/aromatic N) is 2. The molecule has 2 aromatic carbocycles. The molecule has 1 aromatic heterocycles. The number of benzene rings is 2. The van der Waals surface area contributed by atoms with Crippen LogP contribution in [-0.2, 0) is 11.3 Å². The molecule has 3 aromatic rings. The molecule has 1 heterocycles. The van der Waals surface area contributed by atoms with Crippen LogP contribution in [0.15, 0.2) is 59.5 Å². The van der Waals surface area contributed by atoms with E-state index in [1.54, 1.807) is 48.7 Å². The van der Waals surface area contributed by atoms with Gasteiger partial charge in [0.25, 0.3) is 0 Å². The monoisotopic (exact) mass is 465 g/mol. The minimum atomic E-state index is -0.884. The molecule has 3 amide bonds. The summed E-state index contributed by atoms with van der Waals surface area (Å²) in [5.74, 6) is 1.05. The van der Waals surface area contributed by atoms with Crippen molar-refractivity contribution in [2.24, 2.45) is 0 Å². The summed E-state index contributed by atoms with van der Waals surface area (Å²) in [5.41, 5.74) is 2.42. The Morgan fingerprint density at radius 2 is 2.00 bits per heavy atom. The number of rotatable bonds is 9. The van der Waals surface area contributed by atoms with Crippen molar-refractivity contribution in [1.82, 2.24) is 10.3 Å². The number of aliphatic hydroxyl groups excluding tert-OH is 1. The van der Waals surface area contributed by atoms with E-state index in [-0.39, 0.29) is 13.0 Å². The lowest BCUT2D eigenvalue weighted by molar-refractivity contribution is 0.0600. The molecule has 3 rings (SSSR count). The topological polar surface area (TPSA) is 159 Å². The first-order valence-electron chi connectivity index (χ1n) is 10.2. The van der Waals surface area contributed by atoms with Crippen molar-refractivity contribution < 1.29 is 28.6 Å². The second-order valence-corrected chi connectivity index (χ2v) is 6.99. The molecule has 0 bridgehead atoms. The maximum absolute atomic E-state index is 12.5. The van der Waals surface area contributed by atoms with Gasteiger partial charge in [-0.2, -0.15) is 5.26 Å². The van der Waals surface area contributed by atoms with Gasteiger partial charge in [0.2, 0.25) is 0 Å². The van der Waals surface area contributed by atoms with Gasteiger partial charge in [-0.3, -0.25) is 0 Å². The molecule has 0 spiro atoms. The zero-order valence-electron chi connectivity index (χ0n) is 18.3. The number of ether oxygens (including phenoxy) is 2. The second-order valence-electron chi connectivity index (χ2n) is 6.99. The molecule has 11 heteroatoms. The minimum Gasteiger partial charge on any atom is -0.496 e. The molecule has 0 radical (unpaired) electrons. The summed E-state index contributed by atoms with van der Waals surface area (Å²) < 4.78 is 15.6. The summed E-state index contributed by atoms with van der Waals surface area (Å²) in [7, 11) is 1.52. The number of urea groups is 1. The lowest BCUT2D eigenvalue weighted by Crippen LogP contribution is -2.30. The fraction of sp³-hybridized carbons (Fsp3) is 0.217. The van der Waals surface area contributed by atoms with Crippen molar-refractivity contribution in [1.29, 1.82) is 5.26 Å². The Balaban J connectivity index is 1.56.